The van der Waals surface area contributed by atoms with Gasteiger partial charge in [0.1, 0.15) is 0 Å². The predicted octanol–water partition coefficient (Wildman–Crippen LogP) is 3.88. The van der Waals surface area contributed by atoms with E-state index in [1.165, 1.54) is 10.9 Å². The van der Waals surface area contributed by atoms with Gasteiger partial charge in [0.15, 0.2) is 0 Å². The Hall–Kier alpha value is -2.79. The summed E-state index contributed by atoms with van der Waals surface area (Å²) in [5, 5.41) is 7.89. The van der Waals surface area contributed by atoms with Crippen molar-refractivity contribution >= 4 is 23.5 Å². The van der Waals surface area contributed by atoms with Crippen molar-refractivity contribution in [1.82, 2.24) is 9.78 Å². The van der Waals surface area contributed by atoms with Crippen molar-refractivity contribution in [1.29, 1.82) is 0 Å². The maximum absolute atomic E-state index is 12.6. The summed E-state index contributed by atoms with van der Waals surface area (Å²) in [7, 11) is 0. The minimum absolute atomic E-state index is 0.136. The van der Waals surface area contributed by atoms with Crippen molar-refractivity contribution in [3.8, 4) is 5.69 Å². The van der Waals surface area contributed by atoms with Gasteiger partial charge in [0.05, 0.1) is 23.2 Å². The van der Waals surface area contributed by atoms with Crippen LogP contribution in [-0.2, 0) is 0 Å². The second-order valence-electron chi connectivity index (χ2n) is 5.45. The molecule has 0 fully saturated rings. The normalized spacial score (nSPS) is 11.1. The standard InChI is InChI=1S/C18H17ClN4O/c1-12-5-3-4-6-17(12)23-18(24)16(13(2)22-23)11-20-21-15-9-7-14(19)8-10-15/h3-11,21-22H,1-2H3/b20-11+. The second-order valence-corrected chi connectivity index (χ2v) is 5.89. The Labute approximate surface area is 144 Å². The van der Waals surface area contributed by atoms with Crippen molar-refractivity contribution in [3.05, 3.63) is 80.7 Å². The maximum atomic E-state index is 12.6. The van der Waals surface area contributed by atoms with E-state index in [0.717, 1.165) is 22.6 Å². The molecule has 0 spiro atoms. The number of aryl methyl sites for hydroxylation is 2. The molecule has 0 saturated heterocycles. The highest BCUT2D eigenvalue weighted by molar-refractivity contribution is 6.30. The van der Waals surface area contributed by atoms with Crippen molar-refractivity contribution < 1.29 is 0 Å². The fourth-order valence-electron chi connectivity index (χ4n) is 2.39. The summed E-state index contributed by atoms with van der Waals surface area (Å²) < 4.78 is 1.54. The number of nitrogens with zero attached hydrogens (tertiary/aromatic N) is 2. The van der Waals surface area contributed by atoms with Crippen LogP contribution in [0.25, 0.3) is 5.69 Å². The third kappa shape index (κ3) is 3.26. The lowest BCUT2D eigenvalue weighted by atomic mass is 10.2. The molecule has 2 N–H and O–H groups in total. The first-order valence-electron chi connectivity index (χ1n) is 7.48. The summed E-state index contributed by atoms with van der Waals surface area (Å²) in [6.07, 6.45) is 1.53. The quantitative estimate of drug-likeness (QED) is 0.559. The van der Waals surface area contributed by atoms with Gasteiger partial charge in [-0.05, 0) is 49.7 Å². The van der Waals surface area contributed by atoms with Gasteiger partial charge in [-0.15, -0.1) is 0 Å². The molecule has 2 aromatic carbocycles. The molecule has 1 heterocycles. The number of aromatic nitrogens is 2. The summed E-state index contributed by atoms with van der Waals surface area (Å²) in [6, 6.07) is 14.9. The van der Waals surface area contributed by atoms with E-state index >= 15 is 0 Å². The molecular weight excluding hydrogens is 324 g/mol. The number of hydrazone groups is 1. The van der Waals surface area contributed by atoms with Gasteiger partial charge < -0.3 is 0 Å². The summed E-state index contributed by atoms with van der Waals surface area (Å²) in [5.74, 6) is 0. The molecule has 3 aromatic rings. The smallest absolute Gasteiger partial charge is 0.280 e. The molecule has 0 saturated carbocycles. The number of hydrogen-bond donors (Lipinski definition) is 2. The lowest BCUT2D eigenvalue weighted by Crippen LogP contribution is -2.18. The molecule has 0 aliphatic heterocycles. The minimum atomic E-state index is -0.136. The predicted molar refractivity (Wildman–Crippen MR) is 98.5 cm³/mol. The maximum Gasteiger partial charge on any atom is 0.280 e. The zero-order chi connectivity index (χ0) is 17.1. The van der Waals surface area contributed by atoms with Gasteiger partial charge in [-0.25, -0.2) is 4.68 Å². The highest BCUT2D eigenvalue weighted by atomic mass is 35.5. The first kappa shape index (κ1) is 16.1. The Morgan fingerprint density at radius 3 is 2.54 bits per heavy atom. The van der Waals surface area contributed by atoms with E-state index in [1.54, 1.807) is 12.1 Å². The number of rotatable bonds is 4. The number of anilines is 1. The fraction of sp³-hybridized carbons (Fsp3) is 0.111. The summed E-state index contributed by atoms with van der Waals surface area (Å²) in [4.78, 5) is 12.6. The lowest BCUT2D eigenvalue weighted by molar-refractivity contribution is 0.829. The van der Waals surface area contributed by atoms with Crippen LogP contribution in [0.4, 0.5) is 5.69 Å². The number of H-pyrrole nitrogens is 1. The third-order valence-corrected chi connectivity index (χ3v) is 3.96. The van der Waals surface area contributed by atoms with E-state index < -0.39 is 0 Å². The summed E-state index contributed by atoms with van der Waals surface area (Å²) in [5.41, 5.74) is 6.66. The first-order valence-corrected chi connectivity index (χ1v) is 7.86. The lowest BCUT2D eigenvalue weighted by Gasteiger charge is -2.04. The van der Waals surface area contributed by atoms with Crippen LogP contribution in [0, 0.1) is 13.8 Å². The molecule has 6 heteroatoms. The van der Waals surface area contributed by atoms with E-state index in [1.807, 2.05) is 50.2 Å². The van der Waals surface area contributed by atoms with Crippen LogP contribution >= 0.6 is 11.6 Å². The Bertz CT molecular complexity index is 938. The molecule has 0 amide bonds. The van der Waals surface area contributed by atoms with Crippen LogP contribution in [0.15, 0.2) is 58.4 Å². The molecule has 24 heavy (non-hydrogen) atoms. The third-order valence-electron chi connectivity index (χ3n) is 3.70. The van der Waals surface area contributed by atoms with Crippen LogP contribution in [0.2, 0.25) is 5.02 Å². The SMILES string of the molecule is Cc1ccccc1-n1[nH]c(C)c(/C=N/Nc2ccc(Cl)cc2)c1=O. The van der Waals surface area contributed by atoms with E-state index in [4.69, 9.17) is 11.6 Å². The second kappa shape index (κ2) is 6.76. The monoisotopic (exact) mass is 340 g/mol. The van der Waals surface area contributed by atoms with Crippen molar-refractivity contribution in [2.75, 3.05) is 5.43 Å². The molecule has 0 bridgehead atoms. The minimum Gasteiger partial charge on any atom is -0.295 e. The van der Waals surface area contributed by atoms with E-state index in [2.05, 4.69) is 15.6 Å². The number of halogens is 1. The first-order chi connectivity index (χ1) is 11.6. The molecule has 0 radical (unpaired) electrons. The molecule has 0 unspecified atom stereocenters. The number of aromatic amines is 1. The number of para-hydroxylation sites is 1. The number of benzene rings is 2. The molecule has 122 valence electrons. The van der Waals surface area contributed by atoms with Crippen molar-refractivity contribution in [2.45, 2.75) is 13.8 Å². The van der Waals surface area contributed by atoms with Gasteiger partial charge in [-0.1, -0.05) is 29.8 Å². The molecule has 0 aliphatic rings. The number of nitrogens with one attached hydrogen (secondary N) is 2. The van der Waals surface area contributed by atoms with Gasteiger partial charge in [-0.3, -0.25) is 15.3 Å². The van der Waals surface area contributed by atoms with E-state index in [0.29, 0.717) is 10.6 Å². The van der Waals surface area contributed by atoms with E-state index in [9.17, 15) is 4.79 Å². The molecular formula is C18H17ClN4O. The van der Waals surface area contributed by atoms with Gasteiger partial charge in [0.2, 0.25) is 0 Å². The molecule has 0 atom stereocenters. The van der Waals surface area contributed by atoms with Crippen molar-refractivity contribution in [2.24, 2.45) is 5.10 Å². The van der Waals surface area contributed by atoms with E-state index in [-0.39, 0.29) is 5.56 Å². The van der Waals surface area contributed by atoms with Gasteiger partial charge >= 0.3 is 0 Å². The highest BCUT2D eigenvalue weighted by Crippen LogP contribution is 2.14. The topological polar surface area (TPSA) is 62.2 Å². The van der Waals surface area contributed by atoms with Crippen molar-refractivity contribution in [3.63, 3.8) is 0 Å². The Morgan fingerprint density at radius 2 is 1.83 bits per heavy atom. The van der Waals surface area contributed by atoms with Crippen LogP contribution in [0.5, 0.6) is 0 Å². The largest absolute Gasteiger partial charge is 0.295 e. The molecule has 5 nitrogen and oxygen atoms in total. The summed E-state index contributed by atoms with van der Waals surface area (Å²) in [6.45, 7) is 3.81. The highest BCUT2D eigenvalue weighted by Gasteiger charge is 2.11. The fourth-order valence-corrected chi connectivity index (χ4v) is 2.52. The van der Waals surface area contributed by atoms with Crippen LogP contribution in [0.1, 0.15) is 16.8 Å². The van der Waals surface area contributed by atoms with Gasteiger partial charge in [-0.2, -0.15) is 5.10 Å². The Kier molecular flexibility index (Phi) is 4.53. The van der Waals surface area contributed by atoms with Crippen LogP contribution in [-0.4, -0.2) is 16.0 Å². The molecule has 0 aliphatic carbocycles. The van der Waals surface area contributed by atoms with Crippen LogP contribution in [0.3, 0.4) is 0 Å². The number of hydrogen-bond acceptors (Lipinski definition) is 3. The summed E-state index contributed by atoms with van der Waals surface area (Å²) >= 11 is 5.84. The zero-order valence-electron chi connectivity index (χ0n) is 13.4. The Morgan fingerprint density at radius 1 is 1.12 bits per heavy atom. The Balaban J connectivity index is 1.87. The average molecular weight is 341 g/mol. The molecule has 3 rings (SSSR count). The zero-order valence-corrected chi connectivity index (χ0v) is 14.1. The van der Waals surface area contributed by atoms with Gasteiger partial charge in [0, 0.05) is 10.7 Å². The average Bonchev–Trinajstić information content (AvgIpc) is 2.85. The van der Waals surface area contributed by atoms with Gasteiger partial charge in [0.25, 0.3) is 5.56 Å². The molecule has 1 aromatic heterocycles. The van der Waals surface area contributed by atoms with Crippen LogP contribution < -0.4 is 11.0 Å².